The number of hydrogen-bond donors (Lipinski definition) is 7. The van der Waals surface area contributed by atoms with Crippen LogP contribution in [0.3, 0.4) is 0 Å². The molecule has 194 valence electrons. The van der Waals surface area contributed by atoms with Crippen LogP contribution >= 0.6 is 0 Å². The second-order valence-electron chi connectivity index (χ2n) is 8.93. The van der Waals surface area contributed by atoms with Gasteiger partial charge in [0, 0.05) is 12.8 Å². The Hall–Kier alpha value is -3.22. The number of aliphatic carboxylic acids is 1. The fourth-order valence-electron chi connectivity index (χ4n) is 2.92. The Kier molecular flexibility index (Phi) is 13.4. The Balaban J connectivity index is 5.59. The maximum Gasteiger partial charge on any atom is 0.326 e. The van der Waals surface area contributed by atoms with E-state index in [-0.39, 0.29) is 43.9 Å². The molecule has 13 heteroatoms. The maximum absolute atomic E-state index is 13.0. The van der Waals surface area contributed by atoms with E-state index in [1.54, 1.807) is 13.8 Å². The fourth-order valence-corrected chi connectivity index (χ4v) is 2.92. The van der Waals surface area contributed by atoms with Crippen LogP contribution < -0.4 is 33.2 Å². The van der Waals surface area contributed by atoms with E-state index < -0.39 is 59.7 Å². The van der Waals surface area contributed by atoms with Gasteiger partial charge in [-0.05, 0) is 31.1 Å². The first-order chi connectivity index (χ1) is 15.6. The standard InChI is InChI=1S/C21H38N6O7/c1-10(2)9-14(27-20(32)17(24)11(3)4)19(31)25-12(5-7-15(22)28)18(30)26-13(21(33)34)6-8-16(23)29/h10-14,17H,5-9,24H2,1-4H3,(H2,22,28)(H2,23,29)(H,25,31)(H,26,30)(H,27,32)(H,33,34). The van der Waals surface area contributed by atoms with Crippen molar-refractivity contribution < 1.29 is 33.9 Å². The van der Waals surface area contributed by atoms with Gasteiger partial charge in [-0.1, -0.05) is 27.7 Å². The van der Waals surface area contributed by atoms with Crippen LogP contribution in [-0.2, 0) is 28.8 Å². The van der Waals surface area contributed by atoms with Crippen molar-refractivity contribution in [3.8, 4) is 0 Å². The second-order valence-corrected chi connectivity index (χ2v) is 8.93. The predicted octanol–water partition coefficient (Wildman–Crippen LogP) is -1.91. The number of hydrogen-bond acceptors (Lipinski definition) is 7. The van der Waals surface area contributed by atoms with Gasteiger partial charge in [-0.3, -0.25) is 24.0 Å². The first-order valence-corrected chi connectivity index (χ1v) is 11.1. The first kappa shape index (κ1) is 30.8. The highest BCUT2D eigenvalue weighted by molar-refractivity contribution is 5.94. The highest BCUT2D eigenvalue weighted by atomic mass is 16.4. The van der Waals surface area contributed by atoms with Crippen molar-refractivity contribution in [3.05, 3.63) is 0 Å². The second kappa shape index (κ2) is 14.8. The van der Waals surface area contributed by atoms with Crippen LogP contribution in [0.1, 0.15) is 59.8 Å². The van der Waals surface area contributed by atoms with Crippen molar-refractivity contribution in [2.24, 2.45) is 29.0 Å². The lowest BCUT2D eigenvalue weighted by Crippen LogP contribution is -2.57. The largest absolute Gasteiger partial charge is 0.480 e. The lowest BCUT2D eigenvalue weighted by atomic mass is 10.00. The summed E-state index contributed by atoms with van der Waals surface area (Å²) in [6, 6.07) is -4.63. The Morgan fingerprint density at radius 3 is 1.53 bits per heavy atom. The van der Waals surface area contributed by atoms with Gasteiger partial charge in [0.2, 0.25) is 29.5 Å². The molecule has 0 saturated heterocycles. The Morgan fingerprint density at radius 2 is 1.12 bits per heavy atom. The first-order valence-electron chi connectivity index (χ1n) is 11.1. The molecule has 0 aromatic rings. The molecule has 0 spiro atoms. The summed E-state index contributed by atoms with van der Waals surface area (Å²) < 4.78 is 0. The summed E-state index contributed by atoms with van der Waals surface area (Å²) in [6.45, 7) is 7.18. The van der Waals surface area contributed by atoms with E-state index in [4.69, 9.17) is 17.2 Å². The third kappa shape index (κ3) is 12.1. The van der Waals surface area contributed by atoms with E-state index in [2.05, 4.69) is 16.0 Å². The van der Waals surface area contributed by atoms with E-state index in [1.807, 2.05) is 13.8 Å². The van der Waals surface area contributed by atoms with E-state index in [0.717, 1.165) is 0 Å². The zero-order chi connectivity index (χ0) is 26.6. The molecular weight excluding hydrogens is 448 g/mol. The summed E-state index contributed by atoms with van der Waals surface area (Å²) in [6.07, 6.45) is -0.775. The van der Waals surface area contributed by atoms with Gasteiger partial charge in [0.05, 0.1) is 6.04 Å². The molecule has 13 nitrogen and oxygen atoms in total. The number of carbonyl (C=O) groups excluding carboxylic acids is 5. The van der Waals surface area contributed by atoms with Crippen molar-refractivity contribution in [3.63, 3.8) is 0 Å². The summed E-state index contributed by atoms with van der Waals surface area (Å²) in [4.78, 5) is 71.8. The smallest absolute Gasteiger partial charge is 0.326 e. The minimum atomic E-state index is -1.44. The summed E-state index contributed by atoms with van der Waals surface area (Å²) in [7, 11) is 0. The van der Waals surface area contributed by atoms with Crippen molar-refractivity contribution in [1.82, 2.24) is 16.0 Å². The molecule has 10 N–H and O–H groups in total. The number of nitrogens with one attached hydrogen (secondary N) is 3. The Labute approximate surface area is 198 Å². The highest BCUT2D eigenvalue weighted by Gasteiger charge is 2.31. The van der Waals surface area contributed by atoms with Crippen LogP contribution in [-0.4, -0.2) is 64.8 Å². The molecule has 34 heavy (non-hydrogen) atoms. The van der Waals surface area contributed by atoms with Gasteiger partial charge in [0.25, 0.3) is 0 Å². The third-order valence-corrected chi connectivity index (χ3v) is 4.97. The predicted molar refractivity (Wildman–Crippen MR) is 123 cm³/mol. The number of amides is 5. The molecule has 4 atom stereocenters. The van der Waals surface area contributed by atoms with Crippen molar-refractivity contribution >= 4 is 35.5 Å². The lowest BCUT2D eigenvalue weighted by Gasteiger charge is -2.26. The lowest BCUT2D eigenvalue weighted by molar-refractivity contribution is -0.142. The van der Waals surface area contributed by atoms with Crippen molar-refractivity contribution in [2.45, 2.75) is 84.0 Å². The molecule has 0 bridgehead atoms. The van der Waals surface area contributed by atoms with Crippen LogP contribution in [0, 0.1) is 11.8 Å². The Bertz CT molecular complexity index is 756. The van der Waals surface area contributed by atoms with Gasteiger partial charge < -0.3 is 38.3 Å². The summed E-state index contributed by atoms with van der Waals surface area (Å²) >= 11 is 0. The number of primary amides is 2. The number of rotatable bonds is 16. The minimum absolute atomic E-state index is 0.00517. The molecule has 0 aromatic carbocycles. The molecule has 0 aliphatic rings. The topological polar surface area (TPSA) is 237 Å². The molecular formula is C21H38N6O7. The molecule has 0 heterocycles. The van der Waals surface area contributed by atoms with E-state index >= 15 is 0 Å². The van der Waals surface area contributed by atoms with Gasteiger partial charge in [-0.15, -0.1) is 0 Å². The highest BCUT2D eigenvalue weighted by Crippen LogP contribution is 2.09. The monoisotopic (exact) mass is 486 g/mol. The zero-order valence-corrected chi connectivity index (χ0v) is 20.1. The quantitative estimate of drug-likeness (QED) is 0.129. The molecule has 5 amide bonds. The maximum atomic E-state index is 13.0. The summed E-state index contributed by atoms with van der Waals surface area (Å²) in [5, 5.41) is 16.6. The molecule has 4 unspecified atom stereocenters. The van der Waals surface area contributed by atoms with Crippen LogP contribution in [0.15, 0.2) is 0 Å². The van der Waals surface area contributed by atoms with Crippen molar-refractivity contribution in [1.29, 1.82) is 0 Å². The molecule has 0 radical (unpaired) electrons. The third-order valence-electron chi connectivity index (χ3n) is 4.97. The molecule has 0 aliphatic heterocycles. The molecule has 0 rings (SSSR count). The average Bonchev–Trinajstić information content (AvgIpc) is 2.71. The Morgan fingerprint density at radius 1 is 0.706 bits per heavy atom. The minimum Gasteiger partial charge on any atom is -0.480 e. The van der Waals surface area contributed by atoms with Gasteiger partial charge in [0.15, 0.2) is 0 Å². The number of carboxylic acid groups (broad SMARTS) is 1. The van der Waals surface area contributed by atoms with Crippen LogP contribution in [0.2, 0.25) is 0 Å². The van der Waals surface area contributed by atoms with E-state index in [1.165, 1.54) is 0 Å². The zero-order valence-electron chi connectivity index (χ0n) is 20.1. The molecule has 0 fully saturated rings. The summed E-state index contributed by atoms with van der Waals surface area (Å²) in [5.41, 5.74) is 16.0. The number of carboxylic acids is 1. The van der Waals surface area contributed by atoms with Crippen molar-refractivity contribution in [2.75, 3.05) is 0 Å². The van der Waals surface area contributed by atoms with Gasteiger partial charge in [-0.2, -0.15) is 0 Å². The fraction of sp³-hybridized carbons (Fsp3) is 0.714. The van der Waals surface area contributed by atoms with Crippen LogP contribution in [0.5, 0.6) is 0 Å². The SMILES string of the molecule is CC(C)CC(NC(=O)C(N)C(C)C)C(=O)NC(CCC(N)=O)C(=O)NC(CCC(N)=O)C(=O)O. The number of nitrogens with two attached hydrogens (primary N) is 3. The van der Waals surface area contributed by atoms with Gasteiger partial charge in [0.1, 0.15) is 18.1 Å². The van der Waals surface area contributed by atoms with Gasteiger partial charge in [-0.25, -0.2) is 4.79 Å². The molecule has 0 aliphatic carbocycles. The summed E-state index contributed by atoms with van der Waals surface area (Å²) in [5.74, 6) is -5.18. The normalized spacial score (nSPS) is 14.6. The average molecular weight is 487 g/mol. The van der Waals surface area contributed by atoms with Crippen LogP contribution in [0.25, 0.3) is 0 Å². The van der Waals surface area contributed by atoms with Gasteiger partial charge >= 0.3 is 5.97 Å². The van der Waals surface area contributed by atoms with E-state index in [9.17, 15) is 33.9 Å². The number of carbonyl (C=O) groups is 6. The molecule has 0 saturated carbocycles. The van der Waals surface area contributed by atoms with Crippen LogP contribution in [0.4, 0.5) is 0 Å². The van der Waals surface area contributed by atoms with E-state index in [0.29, 0.717) is 0 Å². The molecule has 0 aromatic heterocycles.